The number of nitrogens with zero attached hydrogens (tertiary/aromatic N) is 5. The van der Waals surface area contributed by atoms with Gasteiger partial charge in [-0.1, -0.05) is 0 Å². The zero-order chi connectivity index (χ0) is 19.6. The van der Waals surface area contributed by atoms with Crippen LogP contribution in [0.2, 0.25) is 0 Å². The van der Waals surface area contributed by atoms with Gasteiger partial charge in [0.15, 0.2) is 5.65 Å². The summed E-state index contributed by atoms with van der Waals surface area (Å²) in [6.45, 7) is 1.27. The molecule has 1 saturated carbocycles. The molecule has 1 fully saturated rings. The summed E-state index contributed by atoms with van der Waals surface area (Å²) in [5.41, 5.74) is 3.75. The van der Waals surface area contributed by atoms with E-state index >= 15 is 0 Å². The van der Waals surface area contributed by atoms with Crippen LogP contribution >= 0.6 is 0 Å². The fourth-order valence-corrected chi connectivity index (χ4v) is 3.62. The second kappa shape index (κ2) is 7.73. The van der Waals surface area contributed by atoms with Gasteiger partial charge < -0.3 is 14.8 Å². The van der Waals surface area contributed by atoms with Crippen LogP contribution < -0.4 is 5.32 Å². The van der Waals surface area contributed by atoms with Crippen molar-refractivity contribution in [3.63, 3.8) is 0 Å². The van der Waals surface area contributed by atoms with Crippen molar-refractivity contribution >= 4 is 22.5 Å². The summed E-state index contributed by atoms with van der Waals surface area (Å²) in [5, 5.41) is 9.01. The molecule has 29 heavy (non-hydrogen) atoms. The Kier molecular flexibility index (Phi) is 4.79. The van der Waals surface area contributed by atoms with Crippen LogP contribution in [0.25, 0.3) is 27.7 Å². The van der Waals surface area contributed by atoms with Gasteiger partial charge in [-0.25, -0.2) is 19.5 Å². The quantitative estimate of drug-likeness (QED) is 0.486. The Morgan fingerprint density at radius 2 is 2.07 bits per heavy atom. The van der Waals surface area contributed by atoms with Gasteiger partial charge in [-0.2, -0.15) is 0 Å². The molecule has 1 N–H and O–H groups in total. The number of anilines is 1. The Labute approximate surface area is 167 Å². The molecule has 4 aromatic rings. The van der Waals surface area contributed by atoms with Gasteiger partial charge >= 0.3 is 0 Å². The van der Waals surface area contributed by atoms with E-state index < -0.39 is 0 Å². The predicted octanol–water partition coefficient (Wildman–Crippen LogP) is 2.95. The van der Waals surface area contributed by atoms with Gasteiger partial charge in [-0.3, -0.25) is 0 Å². The first-order valence-corrected chi connectivity index (χ1v) is 9.73. The highest BCUT2D eigenvalue weighted by Gasteiger charge is 2.30. The Morgan fingerprint density at radius 1 is 1.14 bits per heavy atom. The normalized spacial score (nSPS) is 18.8. The van der Waals surface area contributed by atoms with Gasteiger partial charge in [0.05, 0.1) is 31.0 Å². The summed E-state index contributed by atoms with van der Waals surface area (Å²) in [5.74, 6) is 0.626. The van der Waals surface area contributed by atoms with Crippen molar-refractivity contribution in [3.05, 3.63) is 49.1 Å². The van der Waals surface area contributed by atoms with Crippen LogP contribution in [0.3, 0.4) is 0 Å². The van der Waals surface area contributed by atoms with E-state index in [2.05, 4.69) is 31.4 Å². The number of nitrogens with one attached hydrogen (secondary N) is 1. The number of fused-ring (bicyclic) bond motifs is 2. The highest BCUT2D eigenvalue weighted by molar-refractivity contribution is 5.86. The van der Waals surface area contributed by atoms with E-state index in [9.17, 15) is 0 Å². The topological polar surface area (TPSA) is 86.5 Å². The molecule has 4 heterocycles. The van der Waals surface area contributed by atoms with Gasteiger partial charge in [0.1, 0.15) is 0 Å². The summed E-state index contributed by atoms with van der Waals surface area (Å²) in [4.78, 5) is 13.3. The lowest BCUT2D eigenvalue weighted by Gasteiger charge is -2.35. The fourth-order valence-electron chi connectivity index (χ4n) is 3.62. The predicted molar refractivity (Wildman–Crippen MR) is 110 cm³/mol. The maximum Gasteiger partial charge on any atom is 0.241 e. The van der Waals surface area contributed by atoms with Crippen LogP contribution in [-0.2, 0) is 9.47 Å². The monoisotopic (exact) mass is 390 g/mol. The number of ether oxygens (including phenoxy) is 2. The zero-order valence-electron chi connectivity index (χ0n) is 16.2. The van der Waals surface area contributed by atoms with Gasteiger partial charge in [0, 0.05) is 48.3 Å². The Balaban J connectivity index is 1.30. The molecule has 8 heteroatoms. The molecule has 1 aliphatic carbocycles. The van der Waals surface area contributed by atoms with Crippen LogP contribution in [-0.4, -0.2) is 57.0 Å². The third kappa shape index (κ3) is 3.64. The molecule has 4 aromatic heterocycles. The van der Waals surface area contributed by atoms with Crippen LogP contribution in [0.15, 0.2) is 49.1 Å². The number of pyridine rings is 2. The molecule has 1 aliphatic rings. The SMILES string of the molecule is COCCO[C@H]1C[C@@H](Nc2ncc3c(-c4cnc5ncccc5c4)ccn3n2)C1. The lowest BCUT2D eigenvalue weighted by Crippen LogP contribution is -2.41. The number of aromatic nitrogens is 5. The number of methoxy groups -OCH3 is 1. The number of hydrogen-bond donors (Lipinski definition) is 1. The minimum atomic E-state index is 0.291. The number of hydrogen-bond acceptors (Lipinski definition) is 7. The molecule has 0 spiro atoms. The van der Waals surface area contributed by atoms with Crippen molar-refractivity contribution in [1.82, 2.24) is 24.6 Å². The van der Waals surface area contributed by atoms with Crippen molar-refractivity contribution in [2.75, 3.05) is 25.6 Å². The summed E-state index contributed by atoms with van der Waals surface area (Å²) < 4.78 is 12.6. The lowest BCUT2D eigenvalue weighted by molar-refractivity contribution is -0.0261. The van der Waals surface area contributed by atoms with Crippen LogP contribution in [0.1, 0.15) is 12.8 Å². The molecule has 0 amide bonds. The van der Waals surface area contributed by atoms with Gasteiger partial charge in [-0.15, -0.1) is 5.10 Å². The highest BCUT2D eigenvalue weighted by Crippen LogP contribution is 2.28. The maximum absolute atomic E-state index is 5.72. The molecule has 0 bridgehead atoms. The molecule has 148 valence electrons. The Morgan fingerprint density at radius 3 is 2.97 bits per heavy atom. The first-order chi connectivity index (χ1) is 14.3. The molecule has 0 atom stereocenters. The van der Waals surface area contributed by atoms with Crippen LogP contribution in [0.5, 0.6) is 0 Å². The molecular formula is C21H22N6O2. The fraction of sp³-hybridized carbons (Fsp3) is 0.333. The van der Waals surface area contributed by atoms with Crippen molar-refractivity contribution in [1.29, 1.82) is 0 Å². The van der Waals surface area contributed by atoms with Gasteiger partial charge in [0.2, 0.25) is 5.95 Å². The molecule has 5 rings (SSSR count). The van der Waals surface area contributed by atoms with E-state index in [0.29, 0.717) is 31.3 Å². The molecule has 0 saturated heterocycles. The standard InChI is InChI=1S/C21H22N6O2/c1-28-7-8-29-17-10-16(11-17)25-21-24-13-19-18(4-6-27(19)26-21)15-9-14-3-2-5-22-20(14)23-12-15/h2-6,9,12-13,16-17H,7-8,10-11H2,1H3,(H,25,26)/t16-,17+. The summed E-state index contributed by atoms with van der Waals surface area (Å²) in [6.07, 6.45) is 9.60. The summed E-state index contributed by atoms with van der Waals surface area (Å²) in [6, 6.07) is 8.40. The second-order valence-electron chi connectivity index (χ2n) is 7.21. The third-order valence-electron chi connectivity index (χ3n) is 5.25. The third-order valence-corrected chi connectivity index (χ3v) is 5.25. The summed E-state index contributed by atoms with van der Waals surface area (Å²) >= 11 is 0. The molecule has 8 nitrogen and oxygen atoms in total. The maximum atomic E-state index is 5.72. The molecule has 0 aromatic carbocycles. The minimum Gasteiger partial charge on any atom is -0.382 e. The van der Waals surface area contributed by atoms with E-state index in [0.717, 1.165) is 40.5 Å². The van der Waals surface area contributed by atoms with Crippen molar-refractivity contribution < 1.29 is 9.47 Å². The van der Waals surface area contributed by atoms with Crippen LogP contribution in [0, 0.1) is 0 Å². The second-order valence-corrected chi connectivity index (χ2v) is 7.21. The first-order valence-electron chi connectivity index (χ1n) is 9.73. The highest BCUT2D eigenvalue weighted by atomic mass is 16.5. The molecule has 0 radical (unpaired) electrons. The molecule has 0 aliphatic heterocycles. The Hall–Kier alpha value is -3.10. The first kappa shape index (κ1) is 18.0. The average Bonchev–Trinajstić information content (AvgIpc) is 3.15. The van der Waals surface area contributed by atoms with E-state index in [1.807, 2.05) is 41.3 Å². The summed E-state index contributed by atoms with van der Waals surface area (Å²) in [7, 11) is 1.68. The Bertz CT molecular complexity index is 1140. The number of rotatable bonds is 7. The molecular weight excluding hydrogens is 368 g/mol. The van der Waals surface area contributed by atoms with E-state index in [1.54, 1.807) is 13.3 Å². The zero-order valence-corrected chi connectivity index (χ0v) is 16.2. The van der Waals surface area contributed by atoms with Crippen LogP contribution in [0.4, 0.5) is 5.95 Å². The average molecular weight is 390 g/mol. The van der Waals surface area contributed by atoms with Crippen molar-refractivity contribution in [2.24, 2.45) is 0 Å². The largest absolute Gasteiger partial charge is 0.382 e. The van der Waals surface area contributed by atoms with Crippen molar-refractivity contribution in [2.45, 2.75) is 25.0 Å². The molecule has 0 unspecified atom stereocenters. The van der Waals surface area contributed by atoms with Gasteiger partial charge in [-0.05, 0) is 37.1 Å². The van der Waals surface area contributed by atoms with Gasteiger partial charge in [0.25, 0.3) is 0 Å². The van der Waals surface area contributed by atoms with Crippen molar-refractivity contribution in [3.8, 4) is 11.1 Å². The smallest absolute Gasteiger partial charge is 0.241 e. The minimum absolute atomic E-state index is 0.291. The lowest BCUT2D eigenvalue weighted by atomic mass is 9.89. The van der Waals surface area contributed by atoms with E-state index in [4.69, 9.17) is 9.47 Å². The van der Waals surface area contributed by atoms with E-state index in [1.165, 1.54) is 0 Å². The van der Waals surface area contributed by atoms with E-state index in [-0.39, 0.29) is 0 Å².